The molecule has 8 heteroatoms. The summed E-state index contributed by atoms with van der Waals surface area (Å²) in [6, 6.07) is 8.36. The van der Waals surface area contributed by atoms with Gasteiger partial charge in [0.2, 0.25) is 0 Å². The molecule has 0 unspecified atom stereocenters. The van der Waals surface area contributed by atoms with E-state index in [1.165, 1.54) is 6.20 Å². The summed E-state index contributed by atoms with van der Waals surface area (Å²) in [4.78, 5) is 30.6. The molecule has 1 aliphatic heterocycles. The molecule has 0 saturated carbocycles. The maximum atomic E-state index is 12.6. The lowest BCUT2D eigenvalue weighted by Crippen LogP contribution is -2.40. The molecule has 1 saturated heterocycles. The number of aromatic nitrogens is 2. The topological polar surface area (TPSA) is 68.3 Å². The first-order valence-electron chi connectivity index (χ1n) is 8.24. The van der Waals surface area contributed by atoms with Crippen molar-refractivity contribution in [3.05, 3.63) is 62.8 Å². The third kappa shape index (κ3) is 3.10. The third-order valence-corrected chi connectivity index (χ3v) is 5.12. The number of amides is 1. The minimum Gasteiger partial charge on any atom is -0.408 e. The zero-order valence-corrected chi connectivity index (χ0v) is 15.2. The smallest absolute Gasteiger partial charge is 0.408 e. The van der Waals surface area contributed by atoms with Crippen LogP contribution >= 0.6 is 23.2 Å². The zero-order valence-electron chi connectivity index (χ0n) is 13.7. The lowest BCUT2D eigenvalue weighted by Gasteiger charge is -2.32. The van der Waals surface area contributed by atoms with Crippen LogP contribution in [-0.4, -0.2) is 33.4 Å². The van der Waals surface area contributed by atoms with Crippen LogP contribution in [0.15, 0.2) is 45.7 Å². The number of piperidine rings is 1. The highest BCUT2D eigenvalue weighted by atomic mass is 35.5. The summed E-state index contributed by atoms with van der Waals surface area (Å²) in [6.45, 7) is 1.09. The Morgan fingerprint density at radius 3 is 2.62 bits per heavy atom. The first-order chi connectivity index (χ1) is 12.5. The third-order valence-electron chi connectivity index (χ3n) is 4.67. The van der Waals surface area contributed by atoms with Gasteiger partial charge in [0.1, 0.15) is 5.15 Å². The lowest BCUT2D eigenvalue weighted by molar-refractivity contribution is 0.0693. The van der Waals surface area contributed by atoms with E-state index in [0.717, 1.165) is 0 Å². The van der Waals surface area contributed by atoms with Gasteiger partial charge >= 0.3 is 5.76 Å². The van der Waals surface area contributed by atoms with E-state index in [1.54, 1.807) is 39.8 Å². The van der Waals surface area contributed by atoms with Crippen LogP contribution in [0.1, 0.15) is 29.2 Å². The Morgan fingerprint density at radius 1 is 1.15 bits per heavy atom. The molecule has 26 heavy (non-hydrogen) atoms. The zero-order chi connectivity index (χ0) is 18.3. The van der Waals surface area contributed by atoms with Crippen LogP contribution in [0.5, 0.6) is 0 Å². The van der Waals surface area contributed by atoms with E-state index in [9.17, 15) is 9.59 Å². The van der Waals surface area contributed by atoms with E-state index < -0.39 is 5.76 Å². The number of fused-ring (bicyclic) bond motifs is 1. The largest absolute Gasteiger partial charge is 0.420 e. The van der Waals surface area contributed by atoms with Crippen LogP contribution in [0.25, 0.3) is 11.1 Å². The van der Waals surface area contributed by atoms with Gasteiger partial charge in [0.15, 0.2) is 5.58 Å². The molecule has 0 aliphatic carbocycles. The van der Waals surface area contributed by atoms with Crippen molar-refractivity contribution in [1.29, 1.82) is 0 Å². The molecule has 1 amide bonds. The summed E-state index contributed by atoms with van der Waals surface area (Å²) in [5.74, 6) is -0.478. The number of hydrogen-bond donors (Lipinski definition) is 0. The van der Waals surface area contributed by atoms with Crippen LogP contribution in [0.4, 0.5) is 0 Å². The average molecular weight is 392 g/mol. The molecule has 3 aromatic rings. The van der Waals surface area contributed by atoms with E-state index in [0.29, 0.717) is 52.8 Å². The van der Waals surface area contributed by atoms with Crippen LogP contribution in [-0.2, 0) is 0 Å². The van der Waals surface area contributed by atoms with E-state index in [2.05, 4.69) is 4.98 Å². The maximum absolute atomic E-state index is 12.6. The van der Waals surface area contributed by atoms with Gasteiger partial charge in [0.25, 0.3) is 5.91 Å². The molecule has 1 aromatic carbocycles. The fourth-order valence-electron chi connectivity index (χ4n) is 3.36. The molecular weight excluding hydrogens is 377 g/mol. The van der Waals surface area contributed by atoms with Crippen LogP contribution in [0, 0.1) is 0 Å². The highest BCUT2D eigenvalue weighted by molar-refractivity contribution is 6.31. The highest BCUT2D eigenvalue weighted by Gasteiger charge is 2.27. The van der Waals surface area contributed by atoms with Gasteiger partial charge in [0.05, 0.1) is 11.1 Å². The predicted octanol–water partition coefficient (Wildman–Crippen LogP) is 3.77. The summed E-state index contributed by atoms with van der Waals surface area (Å²) in [6.07, 6.45) is 2.80. The molecule has 0 atom stereocenters. The molecule has 0 radical (unpaired) electrons. The summed E-state index contributed by atoms with van der Waals surface area (Å²) < 4.78 is 6.96. The van der Waals surface area contributed by atoms with Gasteiger partial charge in [-0.2, -0.15) is 0 Å². The summed E-state index contributed by atoms with van der Waals surface area (Å²) in [5.41, 5.74) is 1.71. The van der Waals surface area contributed by atoms with Crippen molar-refractivity contribution in [3.8, 4) is 0 Å². The second-order valence-corrected chi connectivity index (χ2v) is 7.07. The number of hydrogen-bond acceptors (Lipinski definition) is 4. The van der Waals surface area contributed by atoms with Crippen molar-refractivity contribution in [3.63, 3.8) is 0 Å². The average Bonchev–Trinajstić information content (AvgIpc) is 2.97. The molecule has 3 heterocycles. The number of halogens is 2. The highest BCUT2D eigenvalue weighted by Crippen LogP contribution is 2.28. The minimum absolute atomic E-state index is 0.0328. The van der Waals surface area contributed by atoms with E-state index in [1.807, 2.05) is 0 Å². The summed E-state index contributed by atoms with van der Waals surface area (Å²) in [5, 5.41) is 0.903. The van der Waals surface area contributed by atoms with Crippen molar-refractivity contribution in [2.24, 2.45) is 0 Å². The molecule has 1 aliphatic rings. The molecule has 134 valence electrons. The first-order valence-corrected chi connectivity index (χ1v) is 9.00. The van der Waals surface area contributed by atoms with Crippen LogP contribution < -0.4 is 5.76 Å². The van der Waals surface area contributed by atoms with Crippen molar-refractivity contribution in [1.82, 2.24) is 14.5 Å². The number of carbonyl (C=O) groups is 1. The quantitative estimate of drug-likeness (QED) is 0.623. The Balaban J connectivity index is 1.53. The number of likely N-dealkylation sites (tertiary alicyclic amines) is 1. The van der Waals surface area contributed by atoms with E-state index in [-0.39, 0.29) is 11.9 Å². The number of carbonyl (C=O) groups excluding carboxylic acids is 1. The molecule has 0 bridgehead atoms. The normalized spacial score (nSPS) is 15.5. The predicted molar refractivity (Wildman–Crippen MR) is 98.9 cm³/mol. The second-order valence-electron chi connectivity index (χ2n) is 6.24. The molecule has 0 N–H and O–H groups in total. The van der Waals surface area contributed by atoms with Gasteiger partial charge in [-0.1, -0.05) is 23.2 Å². The van der Waals surface area contributed by atoms with Gasteiger partial charge in [-0.25, -0.2) is 9.78 Å². The number of pyridine rings is 1. The van der Waals surface area contributed by atoms with Gasteiger partial charge in [-0.3, -0.25) is 9.36 Å². The summed E-state index contributed by atoms with van der Waals surface area (Å²) in [7, 11) is 0. The Bertz CT molecular complexity index is 1020. The standard InChI is InChI=1S/C18H15Cl2N3O3/c19-12-2-3-15-14(9-12)23(18(25)26-15)13-5-7-22(8-6-13)17(24)11-1-4-16(20)21-10-11/h1-4,9-10,13H,5-8H2. The van der Waals surface area contributed by atoms with Crippen LogP contribution in [0.3, 0.4) is 0 Å². The minimum atomic E-state index is -0.394. The monoisotopic (exact) mass is 391 g/mol. The van der Waals surface area contributed by atoms with Crippen molar-refractivity contribution >= 4 is 40.2 Å². The Morgan fingerprint density at radius 2 is 1.92 bits per heavy atom. The lowest BCUT2D eigenvalue weighted by atomic mass is 10.0. The Labute approximate surface area is 158 Å². The SMILES string of the molecule is O=C(c1ccc(Cl)nc1)N1CCC(n2c(=O)oc3ccc(Cl)cc32)CC1. The van der Waals surface area contributed by atoms with Gasteiger partial charge < -0.3 is 9.32 Å². The summed E-state index contributed by atoms with van der Waals surface area (Å²) >= 11 is 11.8. The Kier molecular flexibility index (Phi) is 4.46. The van der Waals surface area contributed by atoms with E-state index >= 15 is 0 Å². The molecular formula is C18H15Cl2N3O3. The van der Waals surface area contributed by atoms with Crippen molar-refractivity contribution in [2.75, 3.05) is 13.1 Å². The van der Waals surface area contributed by atoms with Gasteiger partial charge in [-0.15, -0.1) is 0 Å². The second kappa shape index (κ2) is 6.78. The number of oxazole rings is 1. The molecule has 4 rings (SSSR count). The number of benzene rings is 1. The Hall–Kier alpha value is -2.31. The molecule has 1 fully saturated rings. The molecule has 6 nitrogen and oxygen atoms in total. The number of rotatable bonds is 2. The van der Waals surface area contributed by atoms with Crippen molar-refractivity contribution < 1.29 is 9.21 Å². The fraction of sp³-hybridized carbons (Fsp3) is 0.278. The maximum Gasteiger partial charge on any atom is 0.420 e. The molecule has 0 spiro atoms. The van der Waals surface area contributed by atoms with Gasteiger partial charge in [0, 0.05) is 30.4 Å². The van der Waals surface area contributed by atoms with Gasteiger partial charge in [-0.05, 0) is 43.2 Å². The number of nitrogens with zero attached hydrogens (tertiary/aromatic N) is 3. The first kappa shape index (κ1) is 17.1. The van der Waals surface area contributed by atoms with Crippen LogP contribution in [0.2, 0.25) is 10.2 Å². The molecule has 2 aromatic heterocycles. The van der Waals surface area contributed by atoms with Crippen molar-refractivity contribution in [2.45, 2.75) is 18.9 Å². The fourth-order valence-corrected chi connectivity index (χ4v) is 3.64. The van der Waals surface area contributed by atoms with E-state index in [4.69, 9.17) is 27.6 Å².